The third-order valence-electron chi connectivity index (χ3n) is 3.34. The molecule has 1 nitrogen and oxygen atoms in total. The third kappa shape index (κ3) is 2.05. The van der Waals surface area contributed by atoms with Crippen LogP contribution < -0.4 is 0 Å². The molecule has 0 saturated carbocycles. The maximum Gasteiger partial charge on any atom is 0.0748 e. The van der Waals surface area contributed by atoms with Gasteiger partial charge in [-0.1, -0.05) is 19.2 Å². The third-order valence-corrected chi connectivity index (χ3v) is 6.11. The van der Waals surface area contributed by atoms with Gasteiger partial charge in [-0.2, -0.15) is 0 Å². The molecule has 1 atom stereocenters. The van der Waals surface area contributed by atoms with E-state index in [2.05, 4.69) is 33.0 Å². The van der Waals surface area contributed by atoms with Gasteiger partial charge in [0.05, 0.1) is 14.0 Å². The fourth-order valence-electron chi connectivity index (χ4n) is 2.28. The fraction of sp³-hybridized carbons (Fsp3) is 0.818. The molecule has 1 aliphatic rings. The molecule has 76 valence electrons. The van der Waals surface area contributed by atoms with Gasteiger partial charge in [0.1, 0.15) is 0 Å². The molecule has 0 amide bonds. The van der Waals surface area contributed by atoms with Crippen LogP contribution in [-0.2, 0) is 4.74 Å². The molecule has 13 heavy (non-hydrogen) atoms. The molecule has 0 aromatic heterocycles. The summed E-state index contributed by atoms with van der Waals surface area (Å²) < 4.78 is 6.07. The molecular weight excluding hydrogens is 176 g/mol. The smallest absolute Gasteiger partial charge is 0.0748 e. The minimum atomic E-state index is -0.754. The number of hydrogen-bond donors (Lipinski definition) is 0. The first-order valence-corrected chi connectivity index (χ1v) is 8.29. The molecule has 0 aliphatic carbocycles. The van der Waals surface area contributed by atoms with Crippen LogP contribution in [0.15, 0.2) is 11.6 Å². The van der Waals surface area contributed by atoms with Crippen LogP contribution in [0.5, 0.6) is 0 Å². The van der Waals surface area contributed by atoms with Crippen LogP contribution in [0.3, 0.4) is 0 Å². The van der Waals surface area contributed by atoms with E-state index in [0.29, 0.717) is 0 Å². The van der Waals surface area contributed by atoms with Crippen molar-refractivity contribution in [2.75, 3.05) is 6.61 Å². The average Bonchev–Trinajstić information content (AvgIpc) is 2.17. The second kappa shape index (κ2) is 4.42. The second-order valence-corrected chi connectivity index (χ2v) is 7.56. The zero-order chi connectivity index (χ0) is 9.90. The monoisotopic (exact) mass is 198 g/mol. The summed E-state index contributed by atoms with van der Waals surface area (Å²) in [4.78, 5) is 0. The predicted molar refractivity (Wildman–Crippen MR) is 60.8 cm³/mol. The molecule has 0 aromatic carbocycles. The van der Waals surface area contributed by atoms with Gasteiger partial charge in [0.15, 0.2) is 0 Å². The van der Waals surface area contributed by atoms with Crippen molar-refractivity contribution in [1.29, 1.82) is 0 Å². The maximum absolute atomic E-state index is 6.07. The van der Waals surface area contributed by atoms with Crippen LogP contribution in [0.1, 0.15) is 33.1 Å². The highest BCUT2D eigenvalue weighted by molar-refractivity contribution is 6.60. The summed E-state index contributed by atoms with van der Waals surface area (Å²) in [5, 5.41) is 0.188. The first kappa shape index (κ1) is 11.0. The molecule has 2 heteroatoms. The Morgan fingerprint density at radius 1 is 1.38 bits per heavy atom. The van der Waals surface area contributed by atoms with Crippen LogP contribution in [0.4, 0.5) is 0 Å². The first-order chi connectivity index (χ1) is 6.13. The quantitative estimate of drug-likeness (QED) is 0.490. The zero-order valence-electron chi connectivity index (χ0n) is 9.39. The van der Waals surface area contributed by atoms with E-state index in [1.54, 1.807) is 0 Å². The first-order valence-electron chi connectivity index (χ1n) is 5.41. The lowest BCUT2D eigenvalue weighted by Crippen LogP contribution is -2.48. The summed E-state index contributed by atoms with van der Waals surface area (Å²) in [6.45, 7) is 10.1. The van der Waals surface area contributed by atoms with Gasteiger partial charge in [-0.25, -0.2) is 0 Å². The Morgan fingerprint density at radius 2 is 2.08 bits per heavy atom. The average molecular weight is 198 g/mol. The molecule has 0 spiro atoms. The van der Waals surface area contributed by atoms with E-state index in [4.69, 9.17) is 4.74 Å². The predicted octanol–water partition coefficient (Wildman–Crippen LogP) is 2.92. The van der Waals surface area contributed by atoms with Crippen molar-refractivity contribution < 1.29 is 4.74 Å². The number of allylic oxidation sites excluding steroid dienone is 1. The zero-order valence-corrected chi connectivity index (χ0v) is 10.5. The largest absolute Gasteiger partial charge is 0.375 e. The molecule has 1 heterocycles. The van der Waals surface area contributed by atoms with Crippen LogP contribution in [0, 0.1) is 0 Å². The topological polar surface area (TPSA) is 9.23 Å². The van der Waals surface area contributed by atoms with E-state index < -0.39 is 8.80 Å². The SMILES string of the molecule is CC=C(C)C1([SiH](C)C)CCCCO1. The van der Waals surface area contributed by atoms with Crippen LogP contribution in [0.25, 0.3) is 0 Å². The van der Waals surface area contributed by atoms with Gasteiger partial charge >= 0.3 is 0 Å². The molecule has 1 saturated heterocycles. The van der Waals surface area contributed by atoms with Crippen molar-refractivity contribution >= 4 is 8.80 Å². The van der Waals surface area contributed by atoms with E-state index in [9.17, 15) is 0 Å². The van der Waals surface area contributed by atoms with Crippen LogP contribution in [0.2, 0.25) is 13.1 Å². The Bertz CT molecular complexity index is 190. The summed E-state index contributed by atoms with van der Waals surface area (Å²) in [7, 11) is -0.754. The van der Waals surface area contributed by atoms with E-state index in [0.717, 1.165) is 6.61 Å². The van der Waals surface area contributed by atoms with Gasteiger partial charge in [0, 0.05) is 6.61 Å². The Kier molecular flexibility index (Phi) is 3.74. The minimum absolute atomic E-state index is 0.188. The lowest BCUT2D eigenvalue weighted by molar-refractivity contribution is 0.00247. The molecular formula is C11H22OSi. The Morgan fingerprint density at radius 3 is 2.46 bits per heavy atom. The summed E-state index contributed by atoms with van der Waals surface area (Å²) in [5.74, 6) is 0. The minimum Gasteiger partial charge on any atom is -0.375 e. The molecule has 1 unspecified atom stereocenters. The molecule has 1 rings (SSSR count). The van der Waals surface area contributed by atoms with E-state index >= 15 is 0 Å². The second-order valence-electron chi connectivity index (χ2n) is 4.32. The van der Waals surface area contributed by atoms with Crippen LogP contribution >= 0.6 is 0 Å². The van der Waals surface area contributed by atoms with E-state index in [1.807, 2.05) is 0 Å². The molecule has 1 aliphatic heterocycles. The van der Waals surface area contributed by atoms with Crippen molar-refractivity contribution in [3.63, 3.8) is 0 Å². The highest BCUT2D eigenvalue weighted by Gasteiger charge is 2.38. The molecule has 0 bridgehead atoms. The van der Waals surface area contributed by atoms with Gasteiger partial charge < -0.3 is 4.74 Å². The molecule has 0 radical (unpaired) electrons. The molecule has 0 aromatic rings. The van der Waals surface area contributed by atoms with Gasteiger partial charge in [-0.15, -0.1) is 0 Å². The Hall–Kier alpha value is -0.0831. The van der Waals surface area contributed by atoms with Gasteiger partial charge in [0.25, 0.3) is 0 Å². The summed E-state index contributed by atoms with van der Waals surface area (Å²) in [6, 6.07) is 0. The summed E-state index contributed by atoms with van der Waals surface area (Å²) in [5.41, 5.74) is 1.47. The van der Waals surface area contributed by atoms with Crippen molar-refractivity contribution in [1.82, 2.24) is 0 Å². The summed E-state index contributed by atoms with van der Waals surface area (Å²) in [6.07, 6.45) is 6.08. The van der Waals surface area contributed by atoms with Gasteiger partial charge in [0.2, 0.25) is 0 Å². The highest BCUT2D eigenvalue weighted by atomic mass is 28.3. The number of hydrogen-bond acceptors (Lipinski definition) is 1. The van der Waals surface area contributed by atoms with Crippen molar-refractivity contribution in [2.24, 2.45) is 0 Å². The maximum atomic E-state index is 6.07. The van der Waals surface area contributed by atoms with Gasteiger partial charge in [-0.05, 0) is 38.7 Å². The van der Waals surface area contributed by atoms with Crippen molar-refractivity contribution in [3.8, 4) is 0 Å². The van der Waals surface area contributed by atoms with Crippen molar-refractivity contribution in [2.45, 2.75) is 51.4 Å². The van der Waals surface area contributed by atoms with E-state index in [1.165, 1.54) is 24.8 Å². The van der Waals surface area contributed by atoms with Crippen LogP contribution in [-0.4, -0.2) is 20.6 Å². The lowest BCUT2D eigenvalue weighted by Gasteiger charge is -2.41. The highest BCUT2D eigenvalue weighted by Crippen LogP contribution is 2.34. The number of rotatable bonds is 2. The summed E-state index contributed by atoms with van der Waals surface area (Å²) >= 11 is 0. The molecule has 0 N–H and O–H groups in total. The fourth-order valence-corrected chi connectivity index (χ4v) is 4.59. The Labute approximate surface area is 83.8 Å². The molecule has 1 fully saturated rings. The van der Waals surface area contributed by atoms with E-state index in [-0.39, 0.29) is 5.22 Å². The lowest BCUT2D eigenvalue weighted by atomic mass is 10.0. The normalized spacial score (nSPS) is 31.0. The van der Waals surface area contributed by atoms with Gasteiger partial charge in [-0.3, -0.25) is 0 Å². The standard InChI is InChI=1S/C11H22OSi/c1-5-10(2)11(13(3)4)8-6-7-9-12-11/h5,13H,6-9H2,1-4H3. The van der Waals surface area contributed by atoms with Crippen molar-refractivity contribution in [3.05, 3.63) is 11.6 Å². The Balaban J connectivity index is 2.85. The number of ether oxygens (including phenoxy) is 1.